The molecule has 2 aromatic heterocycles. The van der Waals surface area contributed by atoms with Gasteiger partial charge in [0.2, 0.25) is 0 Å². The van der Waals surface area contributed by atoms with Crippen molar-refractivity contribution in [2.24, 2.45) is 0 Å². The van der Waals surface area contributed by atoms with Crippen LogP contribution < -0.4 is 15.5 Å². The van der Waals surface area contributed by atoms with Gasteiger partial charge in [-0.1, -0.05) is 18.2 Å². The number of rotatable bonds is 8. The van der Waals surface area contributed by atoms with E-state index in [1.807, 2.05) is 12.1 Å². The van der Waals surface area contributed by atoms with E-state index in [1.54, 1.807) is 30.6 Å². The molecule has 0 aliphatic carbocycles. The minimum absolute atomic E-state index is 0.282. The van der Waals surface area contributed by atoms with Crippen molar-refractivity contribution in [3.05, 3.63) is 82.9 Å². The van der Waals surface area contributed by atoms with Gasteiger partial charge in [0.05, 0.1) is 11.1 Å². The molecule has 2 N–H and O–H groups in total. The molecule has 4 rings (SSSR count). The Labute approximate surface area is 192 Å². The van der Waals surface area contributed by atoms with Crippen LogP contribution in [0.15, 0.2) is 54.9 Å². The van der Waals surface area contributed by atoms with Crippen LogP contribution in [0.2, 0.25) is 0 Å². The summed E-state index contributed by atoms with van der Waals surface area (Å²) in [6, 6.07) is 13.9. The summed E-state index contributed by atoms with van der Waals surface area (Å²) in [5.74, 6) is 0.392. The number of aromatic nitrogens is 2. The van der Waals surface area contributed by atoms with Gasteiger partial charge >= 0.3 is 0 Å². The molecule has 7 nitrogen and oxygen atoms in total. The van der Waals surface area contributed by atoms with Crippen LogP contribution in [0.25, 0.3) is 0 Å². The van der Waals surface area contributed by atoms with Gasteiger partial charge in [-0.05, 0) is 54.7 Å². The number of nitrogens with one attached hydrogen (secondary N) is 2. The van der Waals surface area contributed by atoms with E-state index in [0.717, 1.165) is 37.1 Å². The molecule has 33 heavy (non-hydrogen) atoms. The molecule has 1 saturated heterocycles. The van der Waals surface area contributed by atoms with Crippen molar-refractivity contribution in [1.29, 1.82) is 5.26 Å². The number of anilines is 2. The molecule has 0 atom stereocenters. The number of carbonyl (C=O) groups is 1. The largest absolute Gasteiger partial charge is 0.369 e. The third-order valence-corrected chi connectivity index (χ3v) is 5.54. The number of pyridine rings is 2. The standard InChI is InChI=1S/C25H25FN6O/c26-21-7-3-5-18(13-21)8-10-29-23-22(25(33)30-17-19-6-4-9-28-16-19)14-20(15-27)24(31-23)32-11-1-2-12-32/h3-7,9,13-14,16H,1-2,8,10-12,17H2,(H,29,31)(H,30,33). The molecule has 0 bridgehead atoms. The van der Waals surface area contributed by atoms with Crippen molar-refractivity contribution in [1.82, 2.24) is 15.3 Å². The lowest BCUT2D eigenvalue weighted by Crippen LogP contribution is -2.27. The average Bonchev–Trinajstić information content (AvgIpc) is 3.38. The fourth-order valence-electron chi connectivity index (χ4n) is 3.86. The highest BCUT2D eigenvalue weighted by Gasteiger charge is 2.22. The first-order chi connectivity index (χ1) is 16.1. The Bertz CT molecular complexity index is 1160. The summed E-state index contributed by atoms with van der Waals surface area (Å²) in [5.41, 5.74) is 2.39. The van der Waals surface area contributed by atoms with Crippen LogP contribution >= 0.6 is 0 Å². The summed E-state index contributed by atoms with van der Waals surface area (Å²) in [5, 5.41) is 15.8. The van der Waals surface area contributed by atoms with Crippen LogP contribution in [0.5, 0.6) is 0 Å². The highest BCUT2D eigenvalue weighted by molar-refractivity contribution is 5.99. The van der Waals surface area contributed by atoms with Crippen molar-refractivity contribution in [3.8, 4) is 6.07 Å². The van der Waals surface area contributed by atoms with E-state index >= 15 is 0 Å². The van der Waals surface area contributed by atoms with E-state index in [9.17, 15) is 14.4 Å². The summed E-state index contributed by atoms with van der Waals surface area (Å²) < 4.78 is 13.5. The van der Waals surface area contributed by atoms with Gasteiger partial charge in [-0.2, -0.15) is 5.26 Å². The summed E-state index contributed by atoms with van der Waals surface area (Å²) in [4.78, 5) is 23.9. The molecule has 1 amide bonds. The second kappa shape index (κ2) is 10.6. The first kappa shape index (κ1) is 22.2. The summed E-state index contributed by atoms with van der Waals surface area (Å²) in [7, 11) is 0. The van der Waals surface area contributed by atoms with Crippen LogP contribution in [0, 0.1) is 17.1 Å². The van der Waals surface area contributed by atoms with Gasteiger partial charge in [0.25, 0.3) is 5.91 Å². The number of nitriles is 1. The van der Waals surface area contributed by atoms with Crippen LogP contribution in [0.1, 0.15) is 39.9 Å². The fourth-order valence-corrected chi connectivity index (χ4v) is 3.86. The van der Waals surface area contributed by atoms with Gasteiger partial charge in [0.1, 0.15) is 23.5 Å². The van der Waals surface area contributed by atoms with Crippen LogP contribution in [0.4, 0.5) is 16.0 Å². The maximum atomic E-state index is 13.5. The molecular formula is C25H25FN6O. The Morgan fingerprint density at radius 1 is 1.15 bits per heavy atom. The molecule has 8 heteroatoms. The Balaban J connectivity index is 1.57. The number of hydrogen-bond donors (Lipinski definition) is 2. The topological polar surface area (TPSA) is 93.9 Å². The Hall–Kier alpha value is -3.99. The molecule has 3 heterocycles. The quantitative estimate of drug-likeness (QED) is 0.551. The third-order valence-electron chi connectivity index (χ3n) is 5.54. The molecule has 1 fully saturated rings. The predicted octanol–water partition coefficient (Wildman–Crippen LogP) is 3.67. The van der Waals surface area contributed by atoms with Crippen LogP contribution in [-0.2, 0) is 13.0 Å². The summed E-state index contributed by atoms with van der Waals surface area (Å²) >= 11 is 0. The molecule has 0 unspecified atom stereocenters. The SMILES string of the molecule is N#Cc1cc(C(=O)NCc2cccnc2)c(NCCc2cccc(F)c2)nc1N1CCCC1. The van der Waals surface area contributed by atoms with Crippen molar-refractivity contribution in [3.63, 3.8) is 0 Å². The number of halogens is 1. The number of benzene rings is 1. The van der Waals surface area contributed by atoms with Crippen molar-refractivity contribution < 1.29 is 9.18 Å². The number of carbonyl (C=O) groups excluding carboxylic acids is 1. The smallest absolute Gasteiger partial charge is 0.255 e. The van der Waals surface area contributed by atoms with Gasteiger partial charge in [0.15, 0.2) is 0 Å². The molecule has 1 aliphatic rings. The predicted molar refractivity (Wildman–Crippen MR) is 124 cm³/mol. The molecular weight excluding hydrogens is 419 g/mol. The van der Waals surface area contributed by atoms with E-state index in [2.05, 4.69) is 26.6 Å². The van der Waals surface area contributed by atoms with Crippen LogP contribution in [-0.4, -0.2) is 35.5 Å². The molecule has 0 spiro atoms. The van der Waals surface area contributed by atoms with Gasteiger partial charge in [-0.3, -0.25) is 9.78 Å². The number of amides is 1. The highest BCUT2D eigenvalue weighted by Crippen LogP contribution is 2.27. The zero-order chi connectivity index (χ0) is 23.0. The third kappa shape index (κ3) is 5.63. The zero-order valence-corrected chi connectivity index (χ0v) is 18.2. The van der Waals surface area contributed by atoms with E-state index < -0.39 is 0 Å². The first-order valence-electron chi connectivity index (χ1n) is 11.0. The molecule has 168 valence electrons. The van der Waals surface area contributed by atoms with Crippen LogP contribution in [0.3, 0.4) is 0 Å². The number of hydrogen-bond acceptors (Lipinski definition) is 6. The molecule has 3 aromatic rings. The lowest BCUT2D eigenvalue weighted by molar-refractivity contribution is 0.0951. The lowest BCUT2D eigenvalue weighted by atomic mass is 10.1. The van der Waals surface area contributed by atoms with Crippen molar-refractivity contribution in [2.45, 2.75) is 25.8 Å². The highest BCUT2D eigenvalue weighted by atomic mass is 19.1. The normalized spacial score (nSPS) is 12.9. The van der Waals surface area contributed by atoms with Gasteiger partial charge in [0, 0.05) is 38.6 Å². The first-order valence-corrected chi connectivity index (χ1v) is 11.0. The second-order valence-electron chi connectivity index (χ2n) is 7.91. The lowest BCUT2D eigenvalue weighted by Gasteiger charge is -2.21. The van der Waals surface area contributed by atoms with Gasteiger partial charge < -0.3 is 15.5 Å². The summed E-state index contributed by atoms with van der Waals surface area (Å²) in [6.45, 7) is 2.43. The fraction of sp³-hybridized carbons (Fsp3) is 0.280. The molecule has 1 aliphatic heterocycles. The Kier molecular flexibility index (Phi) is 7.10. The van der Waals surface area contributed by atoms with Gasteiger partial charge in [-0.25, -0.2) is 9.37 Å². The Morgan fingerprint density at radius 2 is 1.97 bits per heavy atom. The maximum absolute atomic E-state index is 13.5. The van der Waals surface area contributed by atoms with E-state index in [-0.39, 0.29) is 11.7 Å². The molecule has 0 radical (unpaired) electrons. The van der Waals surface area contributed by atoms with E-state index in [0.29, 0.717) is 42.3 Å². The van der Waals surface area contributed by atoms with Crippen molar-refractivity contribution in [2.75, 3.05) is 29.9 Å². The minimum atomic E-state index is -0.330. The zero-order valence-electron chi connectivity index (χ0n) is 18.2. The molecule has 0 saturated carbocycles. The monoisotopic (exact) mass is 444 g/mol. The maximum Gasteiger partial charge on any atom is 0.255 e. The Morgan fingerprint density at radius 3 is 2.70 bits per heavy atom. The average molecular weight is 445 g/mol. The summed E-state index contributed by atoms with van der Waals surface area (Å²) in [6.07, 6.45) is 6.01. The minimum Gasteiger partial charge on any atom is -0.369 e. The van der Waals surface area contributed by atoms with Gasteiger partial charge in [-0.15, -0.1) is 0 Å². The van der Waals surface area contributed by atoms with E-state index in [4.69, 9.17) is 4.98 Å². The molecule has 1 aromatic carbocycles. The second-order valence-corrected chi connectivity index (χ2v) is 7.91. The number of nitrogens with zero attached hydrogens (tertiary/aromatic N) is 4. The van der Waals surface area contributed by atoms with Crippen molar-refractivity contribution >= 4 is 17.5 Å². The van der Waals surface area contributed by atoms with E-state index in [1.165, 1.54) is 12.1 Å².